The van der Waals surface area contributed by atoms with E-state index in [1.807, 2.05) is 0 Å². The van der Waals surface area contributed by atoms with Crippen molar-refractivity contribution in [2.24, 2.45) is 0 Å². The van der Waals surface area contributed by atoms with E-state index in [0.29, 0.717) is 18.1 Å². The van der Waals surface area contributed by atoms with Crippen LogP contribution in [0.5, 0.6) is 11.5 Å². The minimum absolute atomic E-state index is 0.00200. The zero-order chi connectivity index (χ0) is 24.5. The molecule has 0 aromatic heterocycles. The predicted molar refractivity (Wildman–Crippen MR) is 130 cm³/mol. The van der Waals surface area contributed by atoms with E-state index in [-0.39, 0.29) is 29.5 Å². The number of imide groups is 1. The third kappa shape index (κ3) is 6.35. The van der Waals surface area contributed by atoms with Crippen molar-refractivity contribution >= 4 is 41.0 Å². The highest BCUT2D eigenvalue weighted by Crippen LogP contribution is 2.32. The first-order valence-corrected chi connectivity index (χ1v) is 11.1. The number of amides is 3. The monoisotopic (exact) mass is 482 g/mol. The van der Waals surface area contributed by atoms with Crippen LogP contribution in [0.4, 0.5) is 9.18 Å². The highest BCUT2D eigenvalue weighted by molar-refractivity contribution is 8.18. The Bertz CT molecular complexity index is 1160. The number of rotatable bonds is 10. The number of methoxy groups -OCH3 is 1. The molecule has 1 fully saturated rings. The molecule has 34 heavy (non-hydrogen) atoms. The fraction of sp³-hybridized carbons (Fsp3) is 0.160. The summed E-state index contributed by atoms with van der Waals surface area (Å²) >= 11 is 0.739. The number of hydrogen-bond acceptors (Lipinski definition) is 6. The van der Waals surface area contributed by atoms with Crippen LogP contribution in [0.3, 0.4) is 0 Å². The summed E-state index contributed by atoms with van der Waals surface area (Å²) in [5, 5.41) is 2.17. The summed E-state index contributed by atoms with van der Waals surface area (Å²) in [5.74, 6) is -0.309. The van der Waals surface area contributed by atoms with Gasteiger partial charge in [0.25, 0.3) is 11.1 Å². The topological polar surface area (TPSA) is 84.9 Å². The van der Waals surface area contributed by atoms with E-state index in [2.05, 4.69) is 11.9 Å². The lowest BCUT2D eigenvalue weighted by Crippen LogP contribution is -2.36. The average Bonchev–Trinajstić information content (AvgIpc) is 3.10. The van der Waals surface area contributed by atoms with Crippen LogP contribution in [0.2, 0.25) is 0 Å². The number of carbonyl (C=O) groups excluding carboxylic acids is 3. The van der Waals surface area contributed by atoms with E-state index in [0.717, 1.165) is 22.2 Å². The van der Waals surface area contributed by atoms with Gasteiger partial charge in [0.1, 0.15) is 12.4 Å². The van der Waals surface area contributed by atoms with Gasteiger partial charge in [0.2, 0.25) is 5.91 Å². The van der Waals surface area contributed by atoms with Gasteiger partial charge in [-0.3, -0.25) is 19.3 Å². The molecule has 9 heteroatoms. The van der Waals surface area contributed by atoms with Crippen LogP contribution in [0.1, 0.15) is 11.1 Å². The fourth-order valence-corrected chi connectivity index (χ4v) is 3.86. The lowest BCUT2D eigenvalue weighted by atomic mass is 10.2. The van der Waals surface area contributed by atoms with E-state index in [4.69, 9.17) is 9.47 Å². The van der Waals surface area contributed by atoms with Crippen molar-refractivity contribution in [3.8, 4) is 11.5 Å². The maximum Gasteiger partial charge on any atom is 0.293 e. The van der Waals surface area contributed by atoms with Crippen molar-refractivity contribution in [3.63, 3.8) is 0 Å². The third-order valence-corrected chi connectivity index (χ3v) is 5.58. The number of nitrogens with zero attached hydrogens (tertiary/aromatic N) is 1. The second-order valence-corrected chi connectivity index (χ2v) is 7.98. The first-order valence-electron chi connectivity index (χ1n) is 10.3. The average molecular weight is 483 g/mol. The standard InChI is InChI=1S/C25H23FN2O5S/c1-3-14-33-20-10-8-17(15-21(20)32-2)9-11-23(29)27-12-13-28-24(30)22(34-25(28)31)16-18-6-4-5-7-19(18)26/h3-11,15-16H,1,12-14H2,2H3,(H,27,29)/b11-9+,22-16-. The maximum atomic E-state index is 13.8. The highest BCUT2D eigenvalue weighted by Gasteiger charge is 2.34. The van der Waals surface area contributed by atoms with Crippen molar-refractivity contribution in [2.75, 3.05) is 26.8 Å². The number of halogens is 1. The van der Waals surface area contributed by atoms with Crippen molar-refractivity contribution in [2.45, 2.75) is 0 Å². The summed E-state index contributed by atoms with van der Waals surface area (Å²) in [7, 11) is 1.52. The molecule has 2 aromatic rings. The highest BCUT2D eigenvalue weighted by atomic mass is 32.2. The number of thioether (sulfide) groups is 1. The Balaban J connectivity index is 1.53. The SMILES string of the molecule is C=CCOc1ccc(/C=C/C(=O)NCCN2C(=O)S/C(=C\c3ccccc3F)C2=O)cc1OC. The molecule has 176 valence electrons. The van der Waals surface area contributed by atoms with Gasteiger partial charge in [-0.15, -0.1) is 0 Å². The first-order chi connectivity index (χ1) is 16.4. The van der Waals surface area contributed by atoms with Crippen LogP contribution in [0.25, 0.3) is 12.2 Å². The third-order valence-electron chi connectivity index (χ3n) is 4.67. The number of benzene rings is 2. The molecular formula is C25H23FN2O5S. The Morgan fingerprint density at radius 1 is 1.21 bits per heavy atom. The molecule has 3 rings (SSSR count). The molecule has 0 saturated carbocycles. The van der Waals surface area contributed by atoms with Crippen molar-refractivity contribution in [3.05, 3.63) is 83.0 Å². The predicted octanol–water partition coefficient (Wildman–Crippen LogP) is 4.27. The fourth-order valence-electron chi connectivity index (χ4n) is 3.00. The van der Waals surface area contributed by atoms with Gasteiger partial charge in [0, 0.05) is 24.7 Å². The summed E-state index contributed by atoms with van der Waals surface area (Å²) in [6.45, 7) is 4.02. The second kappa shape index (κ2) is 11.9. The van der Waals surface area contributed by atoms with Crippen LogP contribution in [-0.4, -0.2) is 48.8 Å². The summed E-state index contributed by atoms with van der Waals surface area (Å²) in [6, 6.07) is 11.2. The lowest BCUT2D eigenvalue weighted by molar-refractivity contribution is -0.123. The quantitative estimate of drug-likeness (QED) is 0.402. The van der Waals surface area contributed by atoms with Gasteiger partial charge in [-0.2, -0.15) is 0 Å². The van der Waals surface area contributed by atoms with Crippen molar-refractivity contribution in [1.82, 2.24) is 10.2 Å². The Hall–Kier alpha value is -3.85. The van der Waals surface area contributed by atoms with Gasteiger partial charge in [0.15, 0.2) is 11.5 Å². The van der Waals surface area contributed by atoms with Gasteiger partial charge >= 0.3 is 0 Å². The summed E-state index contributed by atoms with van der Waals surface area (Å²) < 4.78 is 24.6. The Kier molecular flexibility index (Phi) is 8.64. The molecule has 0 bridgehead atoms. The van der Waals surface area contributed by atoms with Gasteiger partial charge in [0.05, 0.1) is 12.0 Å². The van der Waals surface area contributed by atoms with Crippen LogP contribution in [0, 0.1) is 5.82 Å². The second-order valence-electron chi connectivity index (χ2n) is 6.99. The molecule has 0 radical (unpaired) electrons. The number of ether oxygens (including phenoxy) is 2. The van der Waals surface area contributed by atoms with Crippen molar-refractivity contribution < 1.29 is 28.2 Å². The molecule has 2 aromatic carbocycles. The van der Waals surface area contributed by atoms with Crippen LogP contribution in [0.15, 0.2) is 66.1 Å². The van der Waals surface area contributed by atoms with Crippen molar-refractivity contribution in [1.29, 1.82) is 0 Å². The zero-order valence-electron chi connectivity index (χ0n) is 18.5. The largest absolute Gasteiger partial charge is 0.493 e. The molecule has 1 saturated heterocycles. The molecule has 1 N–H and O–H groups in total. The molecule has 1 aliphatic heterocycles. The number of carbonyl (C=O) groups is 3. The van der Waals surface area contributed by atoms with Gasteiger partial charge < -0.3 is 14.8 Å². The van der Waals surface area contributed by atoms with E-state index >= 15 is 0 Å². The molecule has 7 nitrogen and oxygen atoms in total. The molecule has 0 aliphatic carbocycles. The van der Waals surface area contributed by atoms with Gasteiger partial charge in [-0.25, -0.2) is 4.39 Å². The van der Waals surface area contributed by atoms with Crippen LogP contribution >= 0.6 is 11.8 Å². The summed E-state index contributed by atoms with van der Waals surface area (Å²) in [4.78, 5) is 38.0. The lowest BCUT2D eigenvalue weighted by Gasteiger charge is -2.12. The molecule has 1 aliphatic rings. The normalized spacial score (nSPS) is 14.6. The van der Waals surface area contributed by atoms with E-state index in [9.17, 15) is 18.8 Å². The number of nitrogens with one attached hydrogen (secondary N) is 1. The molecule has 0 atom stereocenters. The molecule has 0 spiro atoms. The minimum atomic E-state index is -0.520. The zero-order valence-corrected chi connectivity index (χ0v) is 19.3. The molecule has 0 unspecified atom stereocenters. The Morgan fingerprint density at radius 3 is 2.74 bits per heavy atom. The molecule has 1 heterocycles. The van der Waals surface area contributed by atoms with E-state index in [1.165, 1.54) is 31.4 Å². The summed E-state index contributed by atoms with van der Waals surface area (Å²) in [5.41, 5.74) is 0.950. The van der Waals surface area contributed by atoms with E-state index in [1.54, 1.807) is 42.5 Å². The Labute approximate surface area is 200 Å². The van der Waals surface area contributed by atoms with Crippen LogP contribution < -0.4 is 14.8 Å². The maximum absolute atomic E-state index is 13.8. The van der Waals surface area contributed by atoms with Crippen LogP contribution in [-0.2, 0) is 9.59 Å². The minimum Gasteiger partial charge on any atom is -0.493 e. The smallest absolute Gasteiger partial charge is 0.293 e. The molecular weight excluding hydrogens is 459 g/mol. The van der Waals surface area contributed by atoms with Gasteiger partial charge in [-0.05, 0) is 47.7 Å². The first kappa shape index (κ1) is 24.8. The van der Waals surface area contributed by atoms with E-state index < -0.39 is 17.0 Å². The molecule has 3 amide bonds. The Morgan fingerprint density at radius 2 is 2.00 bits per heavy atom. The summed E-state index contributed by atoms with van der Waals surface area (Å²) in [6.07, 6.45) is 5.92. The van der Waals surface area contributed by atoms with Gasteiger partial charge in [-0.1, -0.05) is 36.9 Å². The number of hydrogen-bond donors (Lipinski definition) is 1.